The van der Waals surface area contributed by atoms with Crippen LogP contribution in [0.4, 0.5) is 4.79 Å². The van der Waals surface area contributed by atoms with Gasteiger partial charge in [0.1, 0.15) is 17.7 Å². The highest BCUT2D eigenvalue weighted by Gasteiger charge is 2.37. The van der Waals surface area contributed by atoms with E-state index in [2.05, 4.69) is 37.5 Å². The molecule has 0 bridgehead atoms. The number of aryl methyl sites for hydroxylation is 2. The lowest BCUT2D eigenvalue weighted by atomic mass is 9.95. The van der Waals surface area contributed by atoms with Crippen molar-refractivity contribution in [3.05, 3.63) is 34.9 Å². The molecule has 0 radical (unpaired) electrons. The number of nitrogens with one attached hydrogen (secondary N) is 2. The van der Waals surface area contributed by atoms with Gasteiger partial charge in [-0.05, 0) is 79.2 Å². The summed E-state index contributed by atoms with van der Waals surface area (Å²) in [5, 5.41) is 5.71. The summed E-state index contributed by atoms with van der Waals surface area (Å²) in [5.41, 5.74) is 2.14. The molecule has 0 aliphatic carbocycles. The Balaban J connectivity index is 3.47. The molecule has 0 aliphatic heterocycles. The van der Waals surface area contributed by atoms with Crippen molar-refractivity contribution in [2.24, 2.45) is 5.92 Å². The van der Waals surface area contributed by atoms with Crippen molar-refractivity contribution < 1.29 is 19.1 Å². The zero-order valence-corrected chi connectivity index (χ0v) is 24.2. The van der Waals surface area contributed by atoms with Gasteiger partial charge in [-0.25, -0.2) is 4.79 Å². The second-order valence-corrected chi connectivity index (χ2v) is 11.4. The summed E-state index contributed by atoms with van der Waals surface area (Å²) in [6.45, 7) is 19.8. The van der Waals surface area contributed by atoms with Gasteiger partial charge in [0.2, 0.25) is 11.8 Å². The Hall–Kier alpha value is -2.57. The molecule has 2 N–H and O–H groups in total. The number of nitrogens with zero attached hydrogens (tertiary/aromatic N) is 1. The van der Waals surface area contributed by atoms with Crippen LogP contribution in [0.15, 0.2) is 18.2 Å². The smallest absolute Gasteiger partial charge is 0.408 e. The Morgan fingerprint density at radius 3 is 2.06 bits per heavy atom. The highest BCUT2D eigenvalue weighted by atomic mass is 16.6. The highest BCUT2D eigenvalue weighted by Crippen LogP contribution is 2.29. The van der Waals surface area contributed by atoms with Gasteiger partial charge in [-0.3, -0.25) is 9.59 Å². The first-order valence-corrected chi connectivity index (χ1v) is 13.3. The van der Waals surface area contributed by atoms with E-state index in [4.69, 9.17) is 4.74 Å². The summed E-state index contributed by atoms with van der Waals surface area (Å²) in [4.78, 5) is 41.7. The molecule has 0 aromatic heterocycles. The molecular formula is C29H49N3O4. The largest absolute Gasteiger partial charge is 0.444 e. The average Bonchev–Trinajstić information content (AvgIpc) is 2.73. The van der Waals surface area contributed by atoms with Crippen LogP contribution in [0.1, 0.15) is 104 Å². The number of alkyl carbamates (subject to hydrolysis) is 1. The third-order valence-corrected chi connectivity index (χ3v) is 5.91. The summed E-state index contributed by atoms with van der Waals surface area (Å²) in [5.74, 6) is -0.0608. The van der Waals surface area contributed by atoms with Crippen LogP contribution in [0.5, 0.6) is 0 Å². The number of carbonyl (C=O) groups is 3. The summed E-state index contributed by atoms with van der Waals surface area (Å²) < 4.78 is 5.37. The maximum atomic E-state index is 13.9. The molecule has 1 aromatic carbocycles. The van der Waals surface area contributed by atoms with Gasteiger partial charge in [-0.2, -0.15) is 0 Å². The first-order valence-electron chi connectivity index (χ1n) is 13.3. The molecule has 3 amide bonds. The minimum Gasteiger partial charge on any atom is -0.444 e. The molecule has 204 valence electrons. The Morgan fingerprint density at radius 1 is 0.972 bits per heavy atom. The SMILES string of the molecule is CCCCNC(=O)C(c1cc(C)cc(C)c1)N(C(=O)C(C)NC(=O)OC(C)(C)C)C(C)CCC(C)C. The standard InChI is InChI=1S/C29H49N3O4/c1-11-12-15-30-26(33)25(24-17-20(4)16-21(5)18-24)32(22(6)14-13-19(2)3)27(34)23(7)31-28(35)36-29(8,9)10/h16-19,22-23,25H,11-15H2,1-10H3,(H,30,33)(H,31,35). The van der Waals surface area contributed by atoms with E-state index < -0.39 is 23.8 Å². The fourth-order valence-electron chi connectivity index (χ4n) is 4.17. The number of benzene rings is 1. The van der Waals surface area contributed by atoms with E-state index in [1.165, 1.54) is 0 Å². The number of rotatable bonds is 12. The molecule has 0 aliphatic rings. The summed E-state index contributed by atoms with van der Waals surface area (Å²) in [6, 6.07) is 4.11. The molecule has 36 heavy (non-hydrogen) atoms. The molecule has 0 spiro atoms. The first-order chi connectivity index (χ1) is 16.7. The zero-order valence-electron chi connectivity index (χ0n) is 24.2. The molecule has 1 rings (SSSR count). The molecule has 7 nitrogen and oxygen atoms in total. The molecule has 0 fully saturated rings. The average molecular weight is 504 g/mol. The topological polar surface area (TPSA) is 87.7 Å². The molecule has 3 unspecified atom stereocenters. The molecule has 0 saturated carbocycles. The van der Waals surface area contributed by atoms with Crippen LogP contribution in [-0.2, 0) is 14.3 Å². The number of hydrogen-bond acceptors (Lipinski definition) is 4. The van der Waals surface area contributed by atoms with Crippen molar-refractivity contribution in [1.29, 1.82) is 0 Å². The van der Waals surface area contributed by atoms with Gasteiger partial charge >= 0.3 is 6.09 Å². The predicted molar refractivity (Wildman–Crippen MR) is 146 cm³/mol. The summed E-state index contributed by atoms with van der Waals surface area (Å²) in [6.07, 6.45) is 2.81. The number of amides is 3. The normalized spacial score (nSPS) is 14.1. The van der Waals surface area contributed by atoms with Gasteiger partial charge in [0.15, 0.2) is 0 Å². The number of ether oxygens (including phenoxy) is 1. The Labute approximate surface area is 218 Å². The van der Waals surface area contributed by atoms with E-state index in [0.717, 1.165) is 42.4 Å². The minimum atomic E-state index is -0.863. The van der Waals surface area contributed by atoms with Crippen LogP contribution in [0.2, 0.25) is 0 Å². The summed E-state index contributed by atoms with van der Waals surface area (Å²) >= 11 is 0. The molecule has 0 saturated heterocycles. The van der Waals surface area contributed by atoms with Crippen molar-refractivity contribution in [2.45, 2.75) is 119 Å². The Bertz CT molecular complexity index is 856. The first kappa shape index (κ1) is 31.5. The molecule has 3 atom stereocenters. The number of hydrogen-bond donors (Lipinski definition) is 2. The maximum absolute atomic E-state index is 13.9. The summed E-state index contributed by atoms with van der Waals surface area (Å²) in [7, 11) is 0. The lowest BCUT2D eigenvalue weighted by Crippen LogP contribution is -2.54. The zero-order chi connectivity index (χ0) is 27.6. The van der Waals surface area contributed by atoms with Gasteiger partial charge in [-0.1, -0.05) is 56.5 Å². The molecule has 7 heteroatoms. The lowest BCUT2D eigenvalue weighted by molar-refractivity contribution is -0.144. The van der Waals surface area contributed by atoms with E-state index >= 15 is 0 Å². The van der Waals surface area contributed by atoms with E-state index in [-0.39, 0.29) is 17.9 Å². The van der Waals surface area contributed by atoms with Crippen LogP contribution in [0, 0.1) is 19.8 Å². The van der Waals surface area contributed by atoms with Crippen LogP contribution in [-0.4, -0.2) is 47.0 Å². The van der Waals surface area contributed by atoms with Gasteiger partial charge in [0, 0.05) is 12.6 Å². The fourth-order valence-corrected chi connectivity index (χ4v) is 4.17. The van der Waals surface area contributed by atoms with Crippen molar-refractivity contribution >= 4 is 17.9 Å². The second-order valence-electron chi connectivity index (χ2n) is 11.4. The van der Waals surface area contributed by atoms with Crippen LogP contribution >= 0.6 is 0 Å². The van der Waals surface area contributed by atoms with Crippen molar-refractivity contribution in [3.8, 4) is 0 Å². The highest BCUT2D eigenvalue weighted by molar-refractivity contribution is 5.92. The van der Waals surface area contributed by atoms with Gasteiger partial charge < -0.3 is 20.3 Å². The van der Waals surface area contributed by atoms with Crippen molar-refractivity contribution in [2.75, 3.05) is 6.54 Å². The lowest BCUT2D eigenvalue weighted by Gasteiger charge is -2.38. The van der Waals surface area contributed by atoms with Gasteiger partial charge in [0.25, 0.3) is 0 Å². The molecule has 0 heterocycles. The quantitative estimate of drug-likeness (QED) is 0.352. The van der Waals surface area contributed by atoms with E-state index in [1.54, 1.807) is 32.6 Å². The predicted octanol–water partition coefficient (Wildman–Crippen LogP) is 5.83. The monoisotopic (exact) mass is 503 g/mol. The van der Waals surface area contributed by atoms with Gasteiger partial charge in [0.05, 0.1) is 0 Å². The Kier molecular flexibility index (Phi) is 12.4. The van der Waals surface area contributed by atoms with Crippen LogP contribution in [0.25, 0.3) is 0 Å². The van der Waals surface area contributed by atoms with Crippen molar-refractivity contribution in [3.63, 3.8) is 0 Å². The molecule has 1 aromatic rings. The maximum Gasteiger partial charge on any atom is 0.408 e. The van der Waals surface area contributed by atoms with E-state index in [0.29, 0.717) is 12.5 Å². The number of unbranched alkanes of at least 4 members (excludes halogenated alkanes) is 1. The van der Waals surface area contributed by atoms with Crippen LogP contribution in [0.3, 0.4) is 0 Å². The van der Waals surface area contributed by atoms with E-state index in [1.807, 2.05) is 32.9 Å². The van der Waals surface area contributed by atoms with Crippen LogP contribution < -0.4 is 10.6 Å². The van der Waals surface area contributed by atoms with E-state index in [9.17, 15) is 14.4 Å². The fraction of sp³-hybridized carbons (Fsp3) is 0.690. The molecular weight excluding hydrogens is 454 g/mol. The third-order valence-electron chi connectivity index (χ3n) is 5.91. The minimum absolute atomic E-state index is 0.206. The van der Waals surface area contributed by atoms with Crippen molar-refractivity contribution in [1.82, 2.24) is 15.5 Å². The second kappa shape index (κ2) is 14.2. The Morgan fingerprint density at radius 2 is 1.56 bits per heavy atom. The third kappa shape index (κ3) is 10.6. The number of carbonyl (C=O) groups excluding carboxylic acids is 3. The van der Waals surface area contributed by atoms with Gasteiger partial charge in [-0.15, -0.1) is 0 Å².